The second kappa shape index (κ2) is 3.96. The van der Waals surface area contributed by atoms with Crippen molar-refractivity contribution in [1.29, 1.82) is 5.26 Å². The summed E-state index contributed by atoms with van der Waals surface area (Å²) >= 11 is 0. The first-order valence-electron chi connectivity index (χ1n) is 5.76. The molecule has 1 N–H and O–H groups in total. The molecule has 2 aromatic heterocycles. The van der Waals surface area contributed by atoms with Crippen molar-refractivity contribution in [2.45, 2.75) is 24.9 Å². The van der Waals surface area contributed by atoms with Gasteiger partial charge in [-0.3, -0.25) is 0 Å². The molecule has 0 saturated heterocycles. The van der Waals surface area contributed by atoms with E-state index in [1.54, 1.807) is 19.4 Å². The molecule has 0 amide bonds. The molecule has 0 aliphatic heterocycles. The monoisotopic (exact) mass is 244 g/mol. The Morgan fingerprint density at radius 1 is 1.56 bits per heavy atom. The topological polar surface area (TPSA) is 87.7 Å². The van der Waals surface area contributed by atoms with E-state index >= 15 is 0 Å². The number of rotatable bonds is 3. The predicted octanol–water partition coefficient (Wildman–Crippen LogP) is 1.96. The van der Waals surface area contributed by atoms with Crippen LogP contribution >= 0.6 is 0 Å². The van der Waals surface area contributed by atoms with E-state index in [4.69, 9.17) is 14.5 Å². The van der Waals surface area contributed by atoms with Gasteiger partial charge in [0.15, 0.2) is 0 Å². The van der Waals surface area contributed by atoms with Crippen molar-refractivity contribution in [1.82, 2.24) is 15.1 Å². The number of ether oxygens (including phenoxy) is 1. The molecule has 0 aromatic carbocycles. The minimum Gasteiger partial charge on any atom is -0.370 e. The van der Waals surface area contributed by atoms with E-state index in [9.17, 15) is 0 Å². The van der Waals surface area contributed by atoms with Crippen LogP contribution in [0.25, 0.3) is 11.6 Å². The molecule has 92 valence electrons. The Labute approximate surface area is 104 Å². The Balaban J connectivity index is 1.92. The number of nitrogens with one attached hydrogen (secondary N) is 1. The Morgan fingerprint density at radius 3 is 2.94 bits per heavy atom. The summed E-state index contributed by atoms with van der Waals surface area (Å²) in [4.78, 5) is 7.28. The largest absolute Gasteiger partial charge is 0.370 e. The van der Waals surface area contributed by atoms with Gasteiger partial charge in [-0.05, 0) is 25.3 Å². The molecule has 0 unspecified atom stereocenters. The summed E-state index contributed by atoms with van der Waals surface area (Å²) in [7, 11) is 1.66. The third kappa shape index (κ3) is 1.52. The highest BCUT2D eigenvalue weighted by Gasteiger charge is 2.43. The second-order valence-electron chi connectivity index (χ2n) is 4.39. The van der Waals surface area contributed by atoms with Gasteiger partial charge >= 0.3 is 0 Å². The molecule has 1 fully saturated rings. The molecule has 0 spiro atoms. The minimum absolute atomic E-state index is 0.383. The summed E-state index contributed by atoms with van der Waals surface area (Å²) in [5.41, 5.74) is 0.803. The molecule has 0 atom stereocenters. The third-order valence-electron chi connectivity index (χ3n) is 3.43. The first kappa shape index (κ1) is 11.0. The molecular weight excluding hydrogens is 232 g/mol. The number of aromatic nitrogens is 3. The van der Waals surface area contributed by atoms with Gasteiger partial charge < -0.3 is 14.2 Å². The summed E-state index contributed by atoms with van der Waals surface area (Å²) in [6.07, 6.45) is 4.54. The lowest BCUT2D eigenvalue weighted by atomic mass is 9.79. The fourth-order valence-electron chi connectivity index (χ4n) is 2.12. The van der Waals surface area contributed by atoms with Crippen LogP contribution in [-0.2, 0) is 10.3 Å². The molecule has 2 aromatic rings. The maximum atomic E-state index is 8.76. The lowest BCUT2D eigenvalue weighted by molar-refractivity contribution is -0.0858. The van der Waals surface area contributed by atoms with Gasteiger partial charge in [0.05, 0.1) is 5.56 Å². The average molecular weight is 244 g/mol. The van der Waals surface area contributed by atoms with Crippen LogP contribution in [0.3, 0.4) is 0 Å². The van der Waals surface area contributed by atoms with Gasteiger partial charge in [-0.1, -0.05) is 5.16 Å². The molecule has 1 aliphatic carbocycles. The average Bonchev–Trinajstić information content (AvgIpc) is 2.96. The normalized spacial score (nSPS) is 17.1. The Bertz CT molecular complexity index is 598. The van der Waals surface area contributed by atoms with Gasteiger partial charge in [-0.2, -0.15) is 10.2 Å². The summed E-state index contributed by atoms with van der Waals surface area (Å²) in [6.45, 7) is 0. The standard InChI is InChI=1S/C12H12N4O2/c1-17-12(3-2-4-12)11-15-10(18-16-11)9-5-8(6-13)7-14-9/h5,7,14H,2-4H2,1H3. The quantitative estimate of drug-likeness (QED) is 0.891. The number of H-pyrrole nitrogens is 1. The zero-order chi connectivity index (χ0) is 12.6. The first-order valence-corrected chi connectivity index (χ1v) is 5.76. The van der Waals surface area contributed by atoms with E-state index in [2.05, 4.69) is 15.1 Å². The molecule has 18 heavy (non-hydrogen) atoms. The number of nitrogens with zero attached hydrogens (tertiary/aromatic N) is 3. The Hall–Kier alpha value is -2.13. The summed E-state index contributed by atoms with van der Waals surface area (Å²) < 4.78 is 10.7. The zero-order valence-electron chi connectivity index (χ0n) is 9.93. The molecule has 6 heteroatoms. The van der Waals surface area contributed by atoms with Crippen LogP contribution < -0.4 is 0 Å². The van der Waals surface area contributed by atoms with Crippen molar-refractivity contribution in [2.75, 3.05) is 7.11 Å². The van der Waals surface area contributed by atoms with Crippen molar-refractivity contribution < 1.29 is 9.26 Å². The minimum atomic E-state index is -0.383. The van der Waals surface area contributed by atoms with Crippen molar-refractivity contribution >= 4 is 0 Å². The lowest BCUT2D eigenvalue weighted by Crippen LogP contribution is -2.37. The SMILES string of the molecule is COC1(c2noc(-c3cc(C#N)c[nH]3)n2)CCC1. The molecule has 1 aliphatic rings. The molecular formula is C12H12N4O2. The van der Waals surface area contributed by atoms with E-state index in [0.717, 1.165) is 19.3 Å². The second-order valence-corrected chi connectivity index (χ2v) is 4.39. The molecule has 6 nitrogen and oxygen atoms in total. The number of hydrogen-bond acceptors (Lipinski definition) is 5. The van der Waals surface area contributed by atoms with Crippen LogP contribution in [0.1, 0.15) is 30.7 Å². The molecule has 1 saturated carbocycles. The highest BCUT2D eigenvalue weighted by molar-refractivity contribution is 5.51. The van der Waals surface area contributed by atoms with Crippen LogP contribution in [0.5, 0.6) is 0 Å². The van der Waals surface area contributed by atoms with Crippen LogP contribution in [0.4, 0.5) is 0 Å². The predicted molar refractivity (Wildman–Crippen MR) is 61.3 cm³/mol. The summed E-state index contributed by atoms with van der Waals surface area (Å²) in [6, 6.07) is 3.72. The maximum absolute atomic E-state index is 8.76. The van der Waals surface area contributed by atoms with E-state index < -0.39 is 0 Å². The van der Waals surface area contributed by atoms with Crippen LogP contribution in [0, 0.1) is 11.3 Å². The van der Waals surface area contributed by atoms with Gasteiger partial charge in [-0.15, -0.1) is 0 Å². The van der Waals surface area contributed by atoms with E-state index in [1.807, 2.05) is 6.07 Å². The van der Waals surface area contributed by atoms with Crippen LogP contribution in [0.15, 0.2) is 16.8 Å². The van der Waals surface area contributed by atoms with Crippen LogP contribution in [0.2, 0.25) is 0 Å². The van der Waals surface area contributed by atoms with E-state index in [1.165, 1.54) is 0 Å². The van der Waals surface area contributed by atoms with Crippen molar-refractivity contribution in [3.8, 4) is 17.7 Å². The zero-order valence-corrected chi connectivity index (χ0v) is 9.93. The number of nitriles is 1. The van der Waals surface area contributed by atoms with E-state index in [0.29, 0.717) is 23.0 Å². The smallest absolute Gasteiger partial charge is 0.274 e. The number of hydrogen-bond donors (Lipinski definition) is 1. The Kier molecular flexibility index (Phi) is 2.42. The fourth-order valence-corrected chi connectivity index (χ4v) is 2.12. The van der Waals surface area contributed by atoms with E-state index in [-0.39, 0.29) is 5.60 Å². The van der Waals surface area contributed by atoms with Gasteiger partial charge in [0.2, 0.25) is 5.82 Å². The van der Waals surface area contributed by atoms with Gasteiger partial charge in [0, 0.05) is 13.3 Å². The third-order valence-corrected chi connectivity index (χ3v) is 3.43. The first-order chi connectivity index (χ1) is 8.77. The van der Waals surface area contributed by atoms with Crippen molar-refractivity contribution in [3.05, 3.63) is 23.7 Å². The van der Waals surface area contributed by atoms with Crippen molar-refractivity contribution in [3.63, 3.8) is 0 Å². The molecule has 0 bridgehead atoms. The lowest BCUT2D eigenvalue weighted by Gasteiger charge is -2.37. The summed E-state index contributed by atoms with van der Waals surface area (Å²) in [5, 5.41) is 12.7. The maximum Gasteiger partial charge on any atom is 0.274 e. The highest BCUT2D eigenvalue weighted by atomic mass is 16.5. The molecule has 3 rings (SSSR count). The fraction of sp³-hybridized carbons (Fsp3) is 0.417. The van der Waals surface area contributed by atoms with Crippen LogP contribution in [-0.4, -0.2) is 22.2 Å². The van der Waals surface area contributed by atoms with Gasteiger partial charge in [-0.25, -0.2) is 0 Å². The molecule has 2 heterocycles. The van der Waals surface area contributed by atoms with Gasteiger partial charge in [0.25, 0.3) is 5.89 Å². The van der Waals surface area contributed by atoms with Gasteiger partial charge in [0.1, 0.15) is 17.4 Å². The number of aromatic amines is 1. The number of methoxy groups -OCH3 is 1. The van der Waals surface area contributed by atoms with Crippen molar-refractivity contribution in [2.24, 2.45) is 0 Å². The molecule has 0 radical (unpaired) electrons. The Morgan fingerprint density at radius 2 is 2.39 bits per heavy atom. The highest BCUT2D eigenvalue weighted by Crippen LogP contribution is 2.43. The summed E-state index contributed by atoms with van der Waals surface area (Å²) in [5.74, 6) is 0.967.